The first-order chi connectivity index (χ1) is 11.4. The van der Waals surface area contributed by atoms with E-state index in [2.05, 4.69) is 26.7 Å². The van der Waals surface area contributed by atoms with E-state index >= 15 is 0 Å². The fourth-order valence-corrected chi connectivity index (χ4v) is 3.41. The highest BCUT2D eigenvalue weighted by molar-refractivity contribution is 7.75. The van der Waals surface area contributed by atoms with Gasteiger partial charge in [0, 0.05) is 0 Å². The SMILES string of the molecule is C#CC(OS(=O)OOc1ccc(C(C)(C)C)cc1)C1CCCCC1. The van der Waals surface area contributed by atoms with Gasteiger partial charge in [-0.1, -0.05) is 62.4 Å². The maximum absolute atomic E-state index is 11.9. The second-order valence-electron chi connectivity index (χ2n) is 7.21. The van der Waals surface area contributed by atoms with E-state index in [0.29, 0.717) is 5.75 Å². The Morgan fingerprint density at radius 1 is 1.17 bits per heavy atom. The van der Waals surface area contributed by atoms with E-state index in [1.54, 1.807) is 12.1 Å². The average molecular weight is 350 g/mol. The van der Waals surface area contributed by atoms with Gasteiger partial charge in [-0.05, 0) is 41.9 Å². The molecule has 0 aromatic heterocycles. The lowest BCUT2D eigenvalue weighted by Crippen LogP contribution is -2.26. The molecule has 1 aliphatic rings. The summed E-state index contributed by atoms with van der Waals surface area (Å²) in [6, 6.07) is 7.46. The van der Waals surface area contributed by atoms with Crippen LogP contribution in [0, 0.1) is 18.3 Å². The topological polar surface area (TPSA) is 44.8 Å². The van der Waals surface area contributed by atoms with Gasteiger partial charge in [0.2, 0.25) is 0 Å². The molecule has 0 spiro atoms. The van der Waals surface area contributed by atoms with Gasteiger partial charge >= 0.3 is 11.4 Å². The van der Waals surface area contributed by atoms with Gasteiger partial charge in [0.1, 0.15) is 6.10 Å². The molecule has 1 aromatic rings. The summed E-state index contributed by atoms with van der Waals surface area (Å²) in [6.07, 6.45) is 10.5. The monoisotopic (exact) mass is 350 g/mol. The van der Waals surface area contributed by atoms with Crippen LogP contribution in [-0.4, -0.2) is 10.3 Å². The molecule has 2 unspecified atom stereocenters. The predicted octanol–water partition coefficient (Wildman–Crippen LogP) is 4.47. The molecular formula is C19H26O4S. The third kappa shape index (κ3) is 5.62. The third-order valence-corrected chi connectivity index (χ3v) is 4.87. The number of rotatable bonds is 6. The molecular weight excluding hydrogens is 324 g/mol. The Bertz CT molecular complexity index is 577. The van der Waals surface area contributed by atoms with E-state index in [1.807, 2.05) is 12.1 Å². The normalized spacial score (nSPS) is 18.6. The molecule has 0 saturated heterocycles. The summed E-state index contributed by atoms with van der Waals surface area (Å²) >= 11 is -2.04. The highest BCUT2D eigenvalue weighted by Crippen LogP contribution is 2.28. The molecule has 0 aliphatic heterocycles. The van der Waals surface area contributed by atoms with Crippen molar-refractivity contribution in [3.05, 3.63) is 29.8 Å². The highest BCUT2D eigenvalue weighted by atomic mass is 32.2. The highest BCUT2D eigenvalue weighted by Gasteiger charge is 2.25. The summed E-state index contributed by atoms with van der Waals surface area (Å²) < 4.78 is 22.1. The van der Waals surface area contributed by atoms with Crippen molar-refractivity contribution < 1.29 is 17.6 Å². The fourth-order valence-electron chi connectivity index (χ4n) is 2.86. The molecule has 1 aliphatic carbocycles. The van der Waals surface area contributed by atoms with Crippen LogP contribution in [0.1, 0.15) is 58.4 Å². The Morgan fingerprint density at radius 2 is 1.79 bits per heavy atom. The van der Waals surface area contributed by atoms with E-state index in [0.717, 1.165) is 25.7 Å². The first-order valence-corrected chi connectivity index (χ1v) is 9.41. The average Bonchev–Trinajstić information content (AvgIpc) is 2.58. The van der Waals surface area contributed by atoms with Crippen LogP contribution >= 0.6 is 0 Å². The fraction of sp³-hybridized carbons (Fsp3) is 0.579. The Morgan fingerprint density at radius 3 is 2.33 bits per heavy atom. The first-order valence-electron chi connectivity index (χ1n) is 8.41. The molecule has 0 N–H and O–H groups in total. The summed E-state index contributed by atoms with van der Waals surface area (Å²) in [5.41, 5.74) is 1.24. The molecule has 1 fully saturated rings. The lowest BCUT2D eigenvalue weighted by Gasteiger charge is -2.25. The van der Waals surface area contributed by atoms with Crippen molar-refractivity contribution in [2.24, 2.45) is 5.92 Å². The van der Waals surface area contributed by atoms with Crippen LogP contribution in [0.5, 0.6) is 5.75 Å². The van der Waals surface area contributed by atoms with Crippen molar-refractivity contribution in [3.8, 4) is 18.1 Å². The maximum Gasteiger partial charge on any atom is 0.344 e. The van der Waals surface area contributed by atoms with Crippen LogP contribution in [0.15, 0.2) is 24.3 Å². The number of benzene rings is 1. The van der Waals surface area contributed by atoms with E-state index in [4.69, 9.17) is 19.8 Å². The first kappa shape index (κ1) is 19.0. The largest absolute Gasteiger partial charge is 0.344 e. The van der Waals surface area contributed by atoms with Gasteiger partial charge in [-0.3, -0.25) is 0 Å². The summed E-state index contributed by atoms with van der Waals surface area (Å²) in [5.74, 6) is 3.28. The zero-order chi connectivity index (χ0) is 17.6. The van der Waals surface area contributed by atoms with Crippen LogP contribution in [-0.2, 0) is 25.3 Å². The summed E-state index contributed by atoms with van der Waals surface area (Å²) in [5, 5.41) is 0. The molecule has 5 heteroatoms. The zero-order valence-electron chi connectivity index (χ0n) is 14.6. The minimum Gasteiger partial charge on any atom is -0.321 e. The number of terminal acetylenes is 1. The van der Waals surface area contributed by atoms with E-state index in [-0.39, 0.29) is 11.3 Å². The second kappa shape index (κ2) is 8.66. The van der Waals surface area contributed by atoms with Crippen molar-refractivity contribution >= 4 is 11.4 Å². The van der Waals surface area contributed by atoms with Gasteiger partial charge in [-0.25, -0.2) is 4.18 Å². The Labute approximate surface area is 147 Å². The molecule has 2 rings (SSSR count). The maximum atomic E-state index is 11.9. The van der Waals surface area contributed by atoms with Gasteiger partial charge < -0.3 is 4.89 Å². The Hall–Kier alpha value is -1.35. The molecule has 1 aromatic carbocycles. The smallest absolute Gasteiger partial charge is 0.321 e. The van der Waals surface area contributed by atoms with Crippen LogP contribution in [0.3, 0.4) is 0 Å². The molecule has 0 amide bonds. The third-order valence-electron chi connectivity index (χ3n) is 4.33. The van der Waals surface area contributed by atoms with E-state index in [1.165, 1.54) is 12.0 Å². The second-order valence-corrected chi connectivity index (χ2v) is 7.95. The quantitative estimate of drug-likeness (QED) is 0.431. The summed E-state index contributed by atoms with van der Waals surface area (Å²) in [7, 11) is 0. The van der Waals surface area contributed by atoms with Crippen molar-refractivity contribution in [2.45, 2.75) is 64.4 Å². The molecule has 1 saturated carbocycles. The lowest BCUT2D eigenvalue weighted by molar-refractivity contribution is -0.0998. The minimum absolute atomic E-state index is 0.0608. The van der Waals surface area contributed by atoms with Crippen LogP contribution < -0.4 is 4.89 Å². The van der Waals surface area contributed by atoms with Gasteiger partial charge in [0.15, 0.2) is 5.75 Å². The molecule has 2 atom stereocenters. The van der Waals surface area contributed by atoms with Crippen LogP contribution in [0.2, 0.25) is 0 Å². The van der Waals surface area contributed by atoms with Gasteiger partial charge in [0.25, 0.3) is 0 Å². The van der Waals surface area contributed by atoms with Crippen LogP contribution in [0.25, 0.3) is 0 Å². The molecule has 132 valence electrons. The van der Waals surface area contributed by atoms with Gasteiger partial charge in [0.05, 0.1) is 0 Å². The van der Waals surface area contributed by atoms with E-state index < -0.39 is 17.5 Å². The number of hydrogen-bond acceptors (Lipinski definition) is 4. The zero-order valence-corrected chi connectivity index (χ0v) is 15.4. The van der Waals surface area contributed by atoms with Gasteiger partial charge in [-0.2, -0.15) is 4.21 Å². The van der Waals surface area contributed by atoms with Crippen molar-refractivity contribution in [1.82, 2.24) is 0 Å². The molecule has 4 nitrogen and oxygen atoms in total. The molecule has 0 heterocycles. The molecule has 0 radical (unpaired) electrons. The Kier molecular flexibility index (Phi) is 6.85. The summed E-state index contributed by atoms with van der Waals surface area (Å²) in [6.45, 7) is 6.40. The number of hydrogen-bond donors (Lipinski definition) is 0. The van der Waals surface area contributed by atoms with E-state index in [9.17, 15) is 4.21 Å². The van der Waals surface area contributed by atoms with Gasteiger partial charge in [-0.15, -0.1) is 6.42 Å². The van der Waals surface area contributed by atoms with Crippen LogP contribution in [0.4, 0.5) is 0 Å². The molecule has 0 bridgehead atoms. The predicted molar refractivity (Wildman–Crippen MR) is 95.3 cm³/mol. The lowest BCUT2D eigenvalue weighted by atomic mass is 9.85. The Balaban J connectivity index is 1.83. The standard InChI is InChI=1S/C19H26O4S/c1-5-18(15-9-7-6-8-10-15)22-24(20)23-21-17-13-11-16(12-14-17)19(2,3)4/h1,11-15,18H,6-10H2,2-4H3. The molecule has 24 heavy (non-hydrogen) atoms. The van der Waals surface area contributed by atoms with Crippen molar-refractivity contribution in [2.75, 3.05) is 0 Å². The van der Waals surface area contributed by atoms with Crippen molar-refractivity contribution in [1.29, 1.82) is 0 Å². The summed E-state index contributed by atoms with van der Waals surface area (Å²) in [4.78, 5) is 5.07. The minimum atomic E-state index is -2.04. The van der Waals surface area contributed by atoms with Crippen molar-refractivity contribution in [3.63, 3.8) is 0 Å².